The average Bonchev–Trinajstić information content (AvgIpc) is 2.56. The van der Waals surface area contributed by atoms with Gasteiger partial charge in [-0.1, -0.05) is 90.9 Å². The van der Waals surface area contributed by atoms with Crippen molar-refractivity contribution < 1.29 is 9.53 Å². The molecule has 0 saturated heterocycles. The third-order valence-electron chi connectivity index (χ3n) is 4.35. The Kier molecular flexibility index (Phi) is 17.9. The zero-order valence-electron chi connectivity index (χ0n) is 15.6. The number of carbonyl (C=O) groups excluding carboxylic acids is 1. The zero-order chi connectivity index (χ0) is 17.2. The van der Waals surface area contributed by atoms with Crippen molar-refractivity contribution in [2.24, 2.45) is 0 Å². The lowest BCUT2D eigenvalue weighted by atomic mass is 10.0. The van der Waals surface area contributed by atoms with E-state index >= 15 is 0 Å². The third-order valence-corrected chi connectivity index (χ3v) is 4.79. The van der Waals surface area contributed by atoms with Crippen molar-refractivity contribution in [1.82, 2.24) is 0 Å². The molecular formula is C20H39ClO2. The maximum Gasteiger partial charge on any atom is 0.305 e. The van der Waals surface area contributed by atoms with Gasteiger partial charge in [-0.2, -0.15) is 0 Å². The maximum absolute atomic E-state index is 11.5. The lowest BCUT2D eigenvalue weighted by Crippen LogP contribution is -2.13. The summed E-state index contributed by atoms with van der Waals surface area (Å²) in [6.45, 7) is 4.62. The molecule has 0 rings (SSSR count). The highest BCUT2D eigenvalue weighted by atomic mass is 35.5. The van der Waals surface area contributed by atoms with Crippen LogP contribution in [-0.2, 0) is 9.53 Å². The van der Waals surface area contributed by atoms with Gasteiger partial charge in [-0.05, 0) is 12.8 Å². The van der Waals surface area contributed by atoms with E-state index in [1.165, 1.54) is 70.6 Å². The van der Waals surface area contributed by atoms with Gasteiger partial charge < -0.3 is 4.74 Å². The van der Waals surface area contributed by atoms with Crippen LogP contribution in [0.5, 0.6) is 0 Å². The minimum Gasteiger partial charge on any atom is -0.464 e. The predicted octanol–water partition coefficient (Wildman–Crippen LogP) is 7.03. The summed E-state index contributed by atoms with van der Waals surface area (Å²) < 4.78 is 5.13. The lowest BCUT2D eigenvalue weighted by Gasteiger charge is -2.08. The molecular weight excluding hydrogens is 308 g/mol. The predicted molar refractivity (Wildman–Crippen MR) is 101 cm³/mol. The number of rotatable bonds is 17. The van der Waals surface area contributed by atoms with E-state index < -0.39 is 0 Å². The molecule has 0 radical (unpaired) electrons. The van der Waals surface area contributed by atoms with Crippen LogP contribution >= 0.6 is 11.6 Å². The Bertz CT molecular complexity index is 256. The van der Waals surface area contributed by atoms with Gasteiger partial charge >= 0.3 is 5.97 Å². The van der Waals surface area contributed by atoms with Crippen LogP contribution in [0.1, 0.15) is 110 Å². The average molecular weight is 347 g/mol. The number of halogens is 1. The van der Waals surface area contributed by atoms with Crippen molar-refractivity contribution >= 4 is 17.6 Å². The van der Waals surface area contributed by atoms with Gasteiger partial charge in [0.1, 0.15) is 6.61 Å². The van der Waals surface area contributed by atoms with E-state index in [0.717, 1.165) is 19.3 Å². The number of hydrogen-bond donors (Lipinski definition) is 0. The number of esters is 1. The molecule has 0 aromatic carbocycles. The molecule has 2 nitrogen and oxygen atoms in total. The molecule has 23 heavy (non-hydrogen) atoms. The van der Waals surface area contributed by atoms with Crippen LogP contribution < -0.4 is 0 Å². The van der Waals surface area contributed by atoms with Crippen molar-refractivity contribution in [1.29, 1.82) is 0 Å². The highest BCUT2D eigenvalue weighted by Crippen LogP contribution is 2.13. The fourth-order valence-electron chi connectivity index (χ4n) is 2.66. The molecule has 3 heteroatoms. The van der Waals surface area contributed by atoms with Gasteiger partial charge in [0.05, 0.1) is 5.38 Å². The molecule has 0 aromatic heterocycles. The minimum atomic E-state index is -0.0906. The fraction of sp³-hybridized carbons (Fsp3) is 0.950. The van der Waals surface area contributed by atoms with Crippen LogP contribution in [0.2, 0.25) is 0 Å². The standard InChI is InChI=1S/C20H39ClO2/c1-3-5-6-7-8-9-10-11-12-13-14-15-16-17-20(22)23-18-19(21)4-2/h19H,3-18H2,1-2H3. The Morgan fingerprint density at radius 2 is 1.22 bits per heavy atom. The van der Waals surface area contributed by atoms with E-state index in [2.05, 4.69) is 6.92 Å². The number of unbranched alkanes of at least 4 members (excludes halogenated alkanes) is 12. The number of carbonyl (C=O) groups is 1. The molecule has 0 spiro atoms. The van der Waals surface area contributed by atoms with Crippen LogP contribution in [0.3, 0.4) is 0 Å². The first-order chi connectivity index (χ1) is 11.2. The SMILES string of the molecule is CCCCCCCCCCCCCCCC(=O)OCC(Cl)CC. The zero-order valence-corrected chi connectivity index (χ0v) is 16.3. The van der Waals surface area contributed by atoms with Gasteiger partial charge in [0, 0.05) is 6.42 Å². The Balaban J connectivity index is 3.14. The van der Waals surface area contributed by atoms with Crippen LogP contribution in [0, 0.1) is 0 Å². The molecule has 0 heterocycles. The Morgan fingerprint density at radius 3 is 1.65 bits per heavy atom. The van der Waals surface area contributed by atoms with Crippen molar-refractivity contribution in [2.75, 3.05) is 6.61 Å². The van der Waals surface area contributed by atoms with Crippen molar-refractivity contribution in [2.45, 2.75) is 116 Å². The van der Waals surface area contributed by atoms with Crippen LogP contribution in [0.15, 0.2) is 0 Å². The Morgan fingerprint density at radius 1 is 0.783 bits per heavy atom. The molecule has 0 amide bonds. The van der Waals surface area contributed by atoms with E-state index in [0.29, 0.717) is 13.0 Å². The Labute approximate surface area is 149 Å². The van der Waals surface area contributed by atoms with Crippen LogP contribution in [0.25, 0.3) is 0 Å². The number of hydrogen-bond acceptors (Lipinski definition) is 2. The van der Waals surface area contributed by atoms with E-state index in [1.807, 2.05) is 6.92 Å². The molecule has 0 N–H and O–H groups in total. The van der Waals surface area contributed by atoms with Gasteiger partial charge in [0.25, 0.3) is 0 Å². The number of ether oxygens (including phenoxy) is 1. The van der Waals surface area contributed by atoms with Crippen LogP contribution in [0.4, 0.5) is 0 Å². The molecule has 1 unspecified atom stereocenters. The van der Waals surface area contributed by atoms with Gasteiger partial charge in [0.15, 0.2) is 0 Å². The first-order valence-electron chi connectivity index (χ1n) is 10.00. The van der Waals surface area contributed by atoms with E-state index in [1.54, 1.807) is 0 Å². The molecule has 0 aliphatic rings. The topological polar surface area (TPSA) is 26.3 Å². The van der Waals surface area contributed by atoms with Crippen molar-refractivity contribution in [3.63, 3.8) is 0 Å². The fourth-order valence-corrected chi connectivity index (χ4v) is 2.72. The summed E-state index contributed by atoms with van der Waals surface area (Å²) >= 11 is 5.92. The quantitative estimate of drug-likeness (QED) is 0.160. The summed E-state index contributed by atoms with van der Waals surface area (Å²) in [7, 11) is 0. The van der Waals surface area contributed by atoms with E-state index in [4.69, 9.17) is 16.3 Å². The summed E-state index contributed by atoms with van der Waals surface area (Å²) in [4.78, 5) is 11.5. The maximum atomic E-state index is 11.5. The molecule has 138 valence electrons. The molecule has 0 bridgehead atoms. The molecule has 1 atom stereocenters. The second kappa shape index (κ2) is 18.1. The second-order valence-electron chi connectivity index (χ2n) is 6.68. The van der Waals surface area contributed by atoms with Gasteiger partial charge in [-0.3, -0.25) is 4.79 Å². The smallest absolute Gasteiger partial charge is 0.305 e. The summed E-state index contributed by atoms with van der Waals surface area (Å²) in [5.74, 6) is -0.0906. The summed E-state index contributed by atoms with van der Waals surface area (Å²) in [5, 5.41) is -0.0365. The van der Waals surface area contributed by atoms with Gasteiger partial charge in [-0.25, -0.2) is 0 Å². The lowest BCUT2D eigenvalue weighted by molar-refractivity contribution is -0.143. The molecule has 0 fully saturated rings. The monoisotopic (exact) mass is 346 g/mol. The summed E-state index contributed by atoms with van der Waals surface area (Å²) in [6, 6.07) is 0. The normalized spacial score (nSPS) is 12.3. The first-order valence-corrected chi connectivity index (χ1v) is 10.4. The van der Waals surface area contributed by atoms with Crippen LogP contribution in [-0.4, -0.2) is 18.0 Å². The largest absolute Gasteiger partial charge is 0.464 e. The molecule has 0 aliphatic heterocycles. The number of alkyl halides is 1. The summed E-state index contributed by atoms with van der Waals surface area (Å²) in [6.07, 6.45) is 18.6. The van der Waals surface area contributed by atoms with Crippen molar-refractivity contribution in [3.05, 3.63) is 0 Å². The Hall–Kier alpha value is -0.240. The van der Waals surface area contributed by atoms with Gasteiger partial charge in [0.2, 0.25) is 0 Å². The van der Waals surface area contributed by atoms with E-state index in [9.17, 15) is 4.79 Å². The molecule has 0 saturated carbocycles. The highest BCUT2D eigenvalue weighted by molar-refractivity contribution is 6.20. The van der Waals surface area contributed by atoms with Gasteiger partial charge in [-0.15, -0.1) is 11.6 Å². The minimum absolute atomic E-state index is 0.0365. The van der Waals surface area contributed by atoms with Crippen molar-refractivity contribution in [3.8, 4) is 0 Å². The first kappa shape index (κ1) is 22.8. The third kappa shape index (κ3) is 17.9. The second-order valence-corrected chi connectivity index (χ2v) is 7.30. The van der Waals surface area contributed by atoms with E-state index in [-0.39, 0.29) is 11.3 Å². The highest BCUT2D eigenvalue weighted by Gasteiger charge is 2.06. The molecule has 0 aromatic rings. The molecule has 0 aliphatic carbocycles. The summed E-state index contributed by atoms with van der Waals surface area (Å²) in [5.41, 5.74) is 0.